The van der Waals surface area contributed by atoms with Gasteiger partial charge in [0.15, 0.2) is 0 Å². The van der Waals surface area contributed by atoms with Crippen LogP contribution in [0.5, 0.6) is 0 Å². The highest BCUT2D eigenvalue weighted by atomic mass is 16.2. The van der Waals surface area contributed by atoms with Crippen LogP contribution in [0.3, 0.4) is 0 Å². The fraction of sp³-hybridized carbons (Fsp3) is 0.400. The van der Waals surface area contributed by atoms with Gasteiger partial charge in [0, 0.05) is 49.0 Å². The summed E-state index contributed by atoms with van der Waals surface area (Å²) in [7, 11) is 0. The number of unbranched alkanes of at least 4 members (excludes halogenated alkanes) is 5. The molecule has 0 fully saturated rings. The number of pyridine rings is 2. The number of aromatic nitrogens is 2. The van der Waals surface area contributed by atoms with Gasteiger partial charge in [0.2, 0.25) is 11.8 Å². The standard InChI is InChI=1S/C20H26N4O2/c25-19(23-17-9-13-21-14-10-17)7-5-3-1-2-4-6-8-20(26)24-18-11-15-22-16-12-18/h9-16H,1-8H2,(H,21,23,25)(H,22,24,26). The molecule has 0 saturated carbocycles. The molecule has 26 heavy (non-hydrogen) atoms. The minimum atomic E-state index is 0.0454. The Morgan fingerprint density at radius 1 is 0.615 bits per heavy atom. The first kappa shape index (κ1) is 19.6. The molecule has 0 aliphatic rings. The Hall–Kier alpha value is -2.76. The molecular weight excluding hydrogens is 328 g/mol. The Labute approximate surface area is 154 Å². The first-order chi connectivity index (χ1) is 12.7. The molecule has 2 aromatic heterocycles. The van der Waals surface area contributed by atoms with Crippen molar-refractivity contribution in [3.05, 3.63) is 49.1 Å². The van der Waals surface area contributed by atoms with E-state index in [1.165, 1.54) is 0 Å². The Kier molecular flexibility index (Phi) is 8.83. The highest BCUT2D eigenvalue weighted by molar-refractivity contribution is 5.91. The normalized spacial score (nSPS) is 10.3. The van der Waals surface area contributed by atoms with Crippen LogP contribution in [0.4, 0.5) is 11.4 Å². The molecule has 138 valence electrons. The van der Waals surface area contributed by atoms with Crippen molar-refractivity contribution in [3.8, 4) is 0 Å². The molecule has 0 saturated heterocycles. The predicted octanol–water partition coefficient (Wildman–Crippen LogP) is 4.17. The van der Waals surface area contributed by atoms with Crippen LogP contribution >= 0.6 is 0 Å². The molecule has 0 aliphatic heterocycles. The first-order valence-corrected chi connectivity index (χ1v) is 9.14. The van der Waals surface area contributed by atoms with E-state index in [2.05, 4.69) is 20.6 Å². The number of amides is 2. The molecule has 0 aliphatic carbocycles. The van der Waals surface area contributed by atoms with Crippen molar-refractivity contribution in [3.63, 3.8) is 0 Å². The first-order valence-electron chi connectivity index (χ1n) is 9.14. The Bertz CT molecular complexity index is 603. The fourth-order valence-electron chi connectivity index (χ4n) is 2.60. The molecule has 2 heterocycles. The van der Waals surface area contributed by atoms with Crippen molar-refractivity contribution < 1.29 is 9.59 Å². The maximum Gasteiger partial charge on any atom is 0.224 e. The van der Waals surface area contributed by atoms with Gasteiger partial charge in [-0.05, 0) is 37.1 Å². The molecule has 0 aromatic carbocycles. The Morgan fingerprint density at radius 3 is 1.35 bits per heavy atom. The van der Waals surface area contributed by atoms with Gasteiger partial charge in [0.05, 0.1) is 0 Å². The molecule has 2 N–H and O–H groups in total. The third-order valence-corrected chi connectivity index (χ3v) is 3.99. The summed E-state index contributed by atoms with van der Waals surface area (Å²) >= 11 is 0. The number of carbonyl (C=O) groups excluding carboxylic acids is 2. The average molecular weight is 354 g/mol. The topological polar surface area (TPSA) is 84.0 Å². The van der Waals surface area contributed by atoms with E-state index in [4.69, 9.17) is 0 Å². The van der Waals surface area contributed by atoms with E-state index in [0.717, 1.165) is 49.9 Å². The minimum absolute atomic E-state index is 0.0454. The van der Waals surface area contributed by atoms with E-state index in [-0.39, 0.29) is 11.8 Å². The molecule has 0 atom stereocenters. The van der Waals surface area contributed by atoms with Crippen molar-refractivity contribution in [2.75, 3.05) is 10.6 Å². The summed E-state index contributed by atoms with van der Waals surface area (Å²) in [4.78, 5) is 31.4. The number of hydrogen-bond donors (Lipinski definition) is 2. The summed E-state index contributed by atoms with van der Waals surface area (Å²) in [6.07, 6.45) is 13.7. The molecular formula is C20H26N4O2. The van der Waals surface area contributed by atoms with Crippen LogP contribution in [0.15, 0.2) is 49.1 Å². The Morgan fingerprint density at radius 2 is 0.962 bits per heavy atom. The molecule has 6 heteroatoms. The highest BCUT2D eigenvalue weighted by Crippen LogP contribution is 2.11. The second-order valence-corrected chi connectivity index (χ2v) is 6.19. The van der Waals surface area contributed by atoms with Crippen LogP contribution in [-0.4, -0.2) is 21.8 Å². The molecule has 0 spiro atoms. The van der Waals surface area contributed by atoms with Crippen LogP contribution in [0.25, 0.3) is 0 Å². The number of nitrogens with zero attached hydrogens (tertiary/aromatic N) is 2. The van der Waals surface area contributed by atoms with Gasteiger partial charge in [-0.15, -0.1) is 0 Å². The Balaban J connectivity index is 1.43. The van der Waals surface area contributed by atoms with E-state index in [9.17, 15) is 9.59 Å². The summed E-state index contributed by atoms with van der Waals surface area (Å²) < 4.78 is 0. The van der Waals surface area contributed by atoms with Gasteiger partial charge in [-0.25, -0.2) is 0 Å². The van der Waals surface area contributed by atoms with Gasteiger partial charge >= 0.3 is 0 Å². The van der Waals surface area contributed by atoms with Crippen molar-refractivity contribution in [2.24, 2.45) is 0 Å². The van der Waals surface area contributed by atoms with Crippen LogP contribution in [0.2, 0.25) is 0 Å². The van der Waals surface area contributed by atoms with Crippen molar-refractivity contribution in [1.29, 1.82) is 0 Å². The number of hydrogen-bond acceptors (Lipinski definition) is 4. The predicted molar refractivity (Wildman–Crippen MR) is 103 cm³/mol. The van der Waals surface area contributed by atoms with Crippen molar-refractivity contribution in [2.45, 2.75) is 51.4 Å². The smallest absolute Gasteiger partial charge is 0.224 e. The molecule has 6 nitrogen and oxygen atoms in total. The van der Waals surface area contributed by atoms with E-state index in [1.807, 2.05) is 0 Å². The summed E-state index contributed by atoms with van der Waals surface area (Å²) in [6.45, 7) is 0. The third kappa shape index (κ3) is 8.37. The summed E-state index contributed by atoms with van der Waals surface area (Å²) in [5.74, 6) is 0.0907. The zero-order chi connectivity index (χ0) is 18.5. The molecule has 2 amide bonds. The van der Waals surface area contributed by atoms with Gasteiger partial charge in [-0.1, -0.05) is 25.7 Å². The largest absolute Gasteiger partial charge is 0.326 e. The minimum Gasteiger partial charge on any atom is -0.326 e. The molecule has 2 rings (SSSR count). The maximum atomic E-state index is 11.8. The van der Waals surface area contributed by atoms with Crippen LogP contribution < -0.4 is 10.6 Å². The zero-order valence-electron chi connectivity index (χ0n) is 15.0. The van der Waals surface area contributed by atoms with Crippen molar-refractivity contribution >= 4 is 23.2 Å². The summed E-state index contributed by atoms with van der Waals surface area (Å²) in [5, 5.41) is 5.72. The lowest BCUT2D eigenvalue weighted by Crippen LogP contribution is -2.11. The van der Waals surface area contributed by atoms with Gasteiger partial charge in [0.1, 0.15) is 0 Å². The maximum absolute atomic E-state index is 11.8. The average Bonchev–Trinajstić information content (AvgIpc) is 2.65. The number of carbonyl (C=O) groups is 2. The van der Waals surface area contributed by atoms with E-state index < -0.39 is 0 Å². The SMILES string of the molecule is O=C(CCCCCCCCC(=O)Nc1ccncc1)Nc1ccncc1. The second-order valence-electron chi connectivity index (χ2n) is 6.19. The number of anilines is 2. The second kappa shape index (κ2) is 11.7. The number of rotatable bonds is 11. The molecule has 0 bridgehead atoms. The van der Waals surface area contributed by atoms with Gasteiger partial charge < -0.3 is 10.6 Å². The van der Waals surface area contributed by atoms with Gasteiger partial charge in [0.25, 0.3) is 0 Å². The molecule has 2 aromatic rings. The van der Waals surface area contributed by atoms with E-state index >= 15 is 0 Å². The zero-order valence-corrected chi connectivity index (χ0v) is 15.0. The van der Waals surface area contributed by atoms with Crippen LogP contribution in [0.1, 0.15) is 51.4 Å². The fourth-order valence-corrected chi connectivity index (χ4v) is 2.60. The lowest BCUT2D eigenvalue weighted by molar-refractivity contribution is -0.117. The van der Waals surface area contributed by atoms with E-state index in [0.29, 0.717) is 12.8 Å². The van der Waals surface area contributed by atoms with E-state index in [1.54, 1.807) is 49.1 Å². The molecule has 0 unspecified atom stereocenters. The lowest BCUT2D eigenvalue weighted by Gasteiger charge is -2.05. The quantitative estimate of drug-likeness (QED) is 0.593. The van der Waals surface area contributed by atoms with Gasteiger partial charge in [-0.3, -0.25) is 19.6 Å². The van der Waals surface area contributed by atoms with Crippen molar-refractivity contribution in [1.82, 2.24) is 9.97 Å². The van der Waals surface area contributed by atoms with Gasteiger partial charge in [-0.2, -0.15) is 0 Å². The van der Waals surface area contributed by atoms with Crippen LogP contribution in [0, 0.1) is 0 Å². The summed E-state index contributed by atoms with van der Waals surface area (Å²) in [5.41, 5.74) is 1.57. The number of nitrogens with one attached hydrogen (secondary N) is 2. The van der Waals surface area contributed by atoms with Crippen LogP contribution in [-0.2, 0) is 9.59 Å². The summed E-state index contributed by atoms with van der Waals surface area (Å²) in [6, 6.07) is 7.12. The highest BCUT2D eigenvalue weighted by Gasteiger charge is 2.03. The monoisotopic (exact) mass is 354 g/mol. The third-order valence-electron chi connectivity index (χ3n) is 3.99. The molecule has 0 radical (unpaired) electrons. The lowest BCUT2D eigenvalue weighted by atomic mass is 10.1.